The van der Waals surface area contributed by atoms with Gasteiger partial charge < -0.3 is 4.74 Å². The van der Waals surface area contributed by atoms with E-state index >= 15 is 0 Å². The van der Waals surface area contributed by atoms with Crippen LogP contribution in [0.15, 0.2) is 42.7 Å². The van der Waals surface area contributed by atoms with Crippen LogP contribution in [0, 0.1) is 0 Å². The molecule has 0 radical (unpaired) electrons. The fraction of sp³-hybridized carbons (Fsp3) is 0. The summed E-state index contributed by atoms with van der Waals surface area (Å²) in [7, 11) is 0. The van der Waals surface area contributed by atoms with E-state index in [1.807, 2.05) is 18.2 Å². The Hall–Kier alpha value is -2.69. The molecule has 0 bridgehead atoms. The van der Waals surface area contributed by atoms with E-state index in [1.165, 1.54) is 0 Å². The molecule has 0 saturated heterocycles. The molecule has 3 aromatic rings. The first-order valence-electron chi connectivity index (χ1n) is 5.37. The lowest BCUT2D eigenvalue weighted by molar-refractivity contribution is -0.120. The highest BCUT2D eigenvalue weighted by molar-refractivity contribution is 5.93. The van der Waals surface area contributed by atoms with Gasteiger partial charge in [-0.3, -0.25) is 14.9 Å². The zero-order valence-electron chi connectivity index (χ0n) is 9.33. The Labute approximate surface area is 102 Å². The van der Waals surface area contributed by atoms with Crippen molar-refractivity contribution in [1.29, 1.82) is 0 Å². The Morgan fingerprint density at radius 1 is 1.28 bits per heavy atom. The summed E-state index contributed by atoms with van der Waals surface area (Å²) in [6.45, 7) is 0.408. The van der Waals surface area contributed by atoms with Crippen molar-refractivity contribution in [3.05, 3.63) is 42.7 Å². The van der Waals surface area contributed by atoms with Crippen LogP contribution < -0.4 is 4.74 Å². The highest BCUT2D eigenvalue weighted by Crippen LogP contribution is 2.28. The molecule has 1 N–H and O–H groups in total. The molecular weight excluding hydrogens is 230 g/mol. The number of carbonyl (C=O) groups excluding carboxylic acids is 1. The molecule has 0 atom stereocenters. The van der Waals surface area contributed by atoms with Crippen molar-refractivity contribution in [1.82, 2.24) is 15.2 Å². The molecule has 0 aliphatic rings. The number of nitrogens with zero attached hydrogens (tertiary/aromatic N) is 2. The minimum absolute atomic E-state index is 0.408. The molecule has 0 saturated carbocycles. The molecule has 0 aliphatic heterocycles. The van der Waals surface area contributed by atoms with Crippen molar-refractivity contribution in [3.8, 4) is 17.0 Å². The number of carbonyl (C=O) groups is 1. The van der Waals surface area contributed by atoms with E-state index < -0.39 is 0 Å². The summed E-state index contributed by atoms with van der Waals surface area (Å²) in [6.07, 6.45) is 3.45. The third-order valence-electron chi connectivity index (χ3n) is 2.65. The van der Waals surface area contributed by atoms with Crippen LogP contribution in [-0.2, 0) is 4.79 Å². The van der Waals surface area contributed by atoms with Crippen molar-refractivity contribution in [2.75, 3.05) is 0 Å². The molecule has 0 aliphatic carbocycles. The number of H-pyrrole nitrogens is 1. The predicted molar refractivity (Wildman–Crippen MR) is 66.0 cm³/mol. The van der Waals surface area contributed by atoms with Crippen LogP contribution >= 0.6 is 0 Å². The van der Waals surface area contributed by atoms with E-state index in [2.05, 4.69) is 15.2 Å². The zero-order valence-corrected chi connectivity index (χ0v) is 9.33. The lowest BCUT2D eigenvalue weighted by Gasteiger charge is -1.99. The molecule has 2 heterocycles. The second-order valence-corrected chi connectivity index (χ2v) is 3.74. The van der Waals surface area contributed by atoms with Crippen LogP contribution in [0.25, 0.3) is 22.2 Å². The van der Waals surface area contributed by atoms with Crippen LogP contribution in [0.1, 0.15) is 0 Å². The van der Waals surface area contributed by atoms with Gasteiger partial charge in [0, 0.05) is 23.3 Å². The van der Waals surface area contributed by atoms with Crippen LogP contribution in [0.5, 0.6) is 5.75 Å². The van der Waals surface area contributed by atoms with Crippen molar-refractivity contribution >= 4 is 17.4 Å². The second-order valence-electron chi connectivity index (χ2n) is 3.74. The molecule has 1 aromatic carbocycles. The number of fused-ring (bicyclic) bond motifs is 1. The number of aromatic amines is 1. The standard InChI is InChI=1S/C13H9N3O2/c17-8-18-10-3-4-12-11(6-10)13(16-15-12)9-2-1-5-14-7-9/h1-8H,(H,15,16). The molecule has 18 heavy (non-hydrogen) atoms. The molecule has 0 fully saturated rings. The van der Waals surface area contributed by atoms with Gasteiger partial charge in [-0.25, -0.2) is 0 Å². The van der Waals surface area contributed by atoms with E-state index in [0.717, 1.165) is 22.2 Å². The molecule has 0 amide bonds. The first-order chi connectivity index (χ1) is 8.88. The normalized spacial score (nSPS) is 10.4. The molecule has 5 heteroatoms. The molecule has 0 spiro atoms. The van der Waals surface area contributed by atoms with Gasteiger partial charge in [0.05, 0.1) is 5.52 Å². The molecule has 0 unspecified atom stereocenters. The van der Waals surface area contributed by atoms with Gasteiger partial charge >= 0.3 is 0 Å². The maximum absolute atomic E-state index is 10.3. The number of hydrogen-bond acceptors (Lipinski definition) is 4. The fourth-order valence-electron chi connectivity index (χ4n) is 1.84. The predicted octanol–water partition coefficient (Wildman–Crippen LogP) is 2.16. The van der Waals surface area contributed by atoms with Gasteiger partial charge in [-0.15, -0.1) is 0 Å². The van der Waals surface area contributed by atoms with E-state index in [-0.39, 0.29) is 0 Å². The molecule has 88 valence electrons. The van der Waals surface area contributed by atoms with Crippen molar-refractivity contribution in [2.45, 2.75) is 0 Å². The zero-order chi connectivity index (χ0) is 12.4. The number of aromatic nitrogens is 3. The highest BCUT2D eigenvalue weighted by atomic mass is 16.5. The third-order valence-corrected chi connectivity index (χ3v) is 2.65. The van der Waals surface area contributed by atoms with Gasteiger partial charge in [0.25, 0.3) is 6.47 Å². The summed E-state index contributed by atoms with van der Waals surface area (Å²) in [5.41, 5.74) is 2.58. The molecule has 2 aromatic heterocycles. The monoisotopic (exact) mass is 239 g/mol. The van der Waals surface area contributed by atoms with Gasteiger partial charge in [0.2, 0.25) is 0 Å². The lowest BCUT2D eigenvalue weighted by atomic mass is 10.1. The van der Waals surface area contributed by atoms with E-state index in [1.54, 1.807) is 24.5 Å². The van der Waals surface area contributed by atoms with Crippen molar-refractivity contribution < 1.29 is 9.53 Å². The maximum Gasteiger partial charge on any atom is 0.298 e. The molecular formula is C13H9N3O2. The quantitative estimate of drug-likeness (QED) is 0.711. The summed E-state index contributed by atoms with van der Waals surface area (Å²) in [5.74, 6) is 0.490. The number of rotatable bonds is 3. The number of ether oxygens (including phenoxy) is 1. The van der Waals surface area contributed by atoms with Crippen LogP contribution in [0.3, 0.4) is 0 Å². The van der Waals surface area contributed by atoms with Gasteiger partial charge in [-0.2, -0.15) is 5.10 Å². The minimum Gasteiger partial charge on any atom is -0.429 e. The third kappa shape index (κ3) is 1.71. The number of benzene rings is 1. The lowest BCUT2D eigenvalue weighted by Crippen LogP contribution is -1.87. The first kappa shape index (κ1) is 10.5. The summed E-state index contributed by atoms with van der Waals surface area (Å²) >= 11 is 0. The average molecular weight is 239 g/mol. The first-order valence-corrected chi connectivity index (χ1v) is 5.37. The minimum atomic E-state index is 0.408. The maximum atomic E-state index is 10.3. The summed E-state index contributed by atoms with van der Waals surface area (Å²) < 4.78 is 4.84. The summed E-state index contributed by atoms with van der Waals surface area (Å²) in [5, 5.41) is 8.08. The number of pyridine rings is 1. The van der Waals surface area contributed by atoms with Gasteiger partial charge in [-0.1, -0.05) is 0 Å². The van der Waals surface area contributed by atoms with E-state index in [0.29, 0.717) is 12.2 Å². The largest absolute Gasteiger partial charge is 0.429 e. The highest BCUT2D eigenvalue weighted by Gasteiger charge is 2.09. The Morgan fingerprint density at radius 2 is 2.22 bits per heavy atom. The SMILES string of the molecule is O=COc1ccc2[nH]nc(-c3cccnc3)c2c1. The number of nitrogens with one attached hydrogen (secondary N) is 1. The Balaban J connectivity index is 2.18. The van der Waals surface area contributed by atoms with Gasteiger partial charge in [0.15, 0.2) is 0 Å². The van der Waals surface area contributed by atoms with E-state index in [4.69, 9.17) is 4.74 Å². The van der Waals surface area contributed by atoms with Gasteiger partial charge in [0.1, 0.15) is 11.4 Å². The second kappa shape index (κ2) is 4.29. The Bertz CT molecular complexity index is 692. The van der Waals surface area contributed by atoms with Crippen molar-refractivity contribution in [3.63, 3.8) is 0 Å². The van der Waals surface area contributed by atoms with Crippen LogP contribution in [-0.4, -0.2) is 21.7 Å². The summed E-state index contributed by atoms with van der Waals surface area (Å²) in [6, 6.07) is 9.08. The van der Waals surface area contributed by atoms with Crippen molar-refractivity contribution in [2.24, 2.45) is 0 Å². The van der Waals surface area contributed by atoms with E-state index in [9.17, 15) is 4.79 Å². The molecule has 5 nitrogen and oxygen atoms in total. The Kier molecular flexibility index (Phi) is 2.49. The average Bonchev–Trinajstić information content (AvgIpc) is 2.83. The topological polar surface area (TPSA) is 67.9 Å². The Morgan fingerprint density at radius 3 is 3.00 bits per heavy atom. The smallest absolute Gasteiger partial charge is 0.298 e. The fourth-order valence-corrected chi connectivity index (χ4v) is 1.84. The van der Waals surface area contributed by atoms with Crippen LogP contribution in [0.4, 0.5) is 0 Å². The number of hydrogen-bond donors (Lipinski definition) is 1. The summed E-state index contributed by atoms with van der Waals surface area (Å²) in [4.78, 5) is 14.4. The van der Waals surface area contributed by atoms with Crippen LogP contribution in [0.2, 0.25) is 0 Å². The molecule has 3 rings (SSSR count). The van der Waals surface area contributed by atoms with Gasteiger partial charge in [-0.05, 0) is 30.3 Å².